The maximum atomic E-state index is 13.1. The minimum Gasteiger partial charge on any atom is -0.324 e. The lowest BCUT2D eigenvalue weighted by molar-refractivity contribution is -0.114. The van der Waals surface area contributed by atoms with Gasteiger partial charge in [0.2, 0.25) is 5.91 Å². The number of carbonyl (C=O) groups excluding carboxylic acids is 1. The normalized spacial score (nSPS) is 21.2. The molecule has 8 heteroatoms. The molecule has 2 aromatic carbocycles. The fraction of sp³-hybridized carbons (Fsp3) is 0.417. The number of nitrogens with zero attached hydrogens (tertiary/aromatic N) is 2. The largest absolute Gasteiger partial charge is 0.324 e. The number of sulfone groups is 1. The van der Waals surface area contributed by atoms with Crippen LogP contribution in [0.15, 0.2) is 35.3 Å². The highest BCUT2D eigenvalue weighted by atomic mass is 32.2. The zero-order chi connectivity index (χ0) is 23.2. The number of rotatable bonds is 4. The van der Waals surface area contributed by atoms with E-state index < -0.39 is 9.84 Å². The number of anilines is 2. The summed E-state index contributed by atoms with van der Waals surface area (Å²) in [6.07, 6.45) is 0. The predicted octanol–water partition coefficient (Wildman–Crippen LogP) is 3.94. The van der Waals surface area contributed by atoms with Crippen LogP contribution in [-0.4, -0.2) is 48.8 Å². The molecular formula is C24H29N3O3S2. The molecule has 4 rings (SSSR count). The molecule has 1 fully saturated rings. The average Bonchev–Trinajstić information content (AvgIpc) is 3.18. The summed E-state index contributed by atoms with van der Waals surface area (Å²) in [7, 11) is -3.03. The van der Waals surface area contributed by atoms with Crippen LogP contribution < -0.4 is 10.2 Å². The topological polar surface area (TPSA) is 78.8 Å². The highest BCUT2D eigenvalue weighted by Gasteiger charge is 2.44. The molecule has 0 spiro atoms. The number of thioether (sulfide) groups is 1. The van der Waals surface area contributed by atoms with Gasteiger partial charge in [0.15, 0.2) is 15.0 Å². The number of amidine groups is 1. The van der Waals surface area contributed by atoms with Gasteiger partial charge < -0.3 is 10.2 Å². The molecule has 0 bridgehead atoms. The van der Waals surface area contributed by atoms with Gasteiger partial charge in [-0.15, -0.1) is 0 Å². The number of aryl methyl sites for hydroxylation is 5. The molecule has 2 aromatic rings. The molecule has 32 heavy (non-hydrogen) atoms. The van der Waals surface area contributed by atoms with Crippen LogP contribution in [-0.2, 0) is 14.6 Å². The molecule has 170 valence electrons. The minimum absolute atomic E-state index is 0.0753. The predicted molar refractivity (Wildman–Crippen MR) is 134 cm³/mol. The number of benzene rings is 2. The lowest BCUT2D eigenvalue weighted by Crippen LogP contribution is -2.37. The molecule has 2 aliphatic rings. The van der Waals surface area contributed by atoms with Crippen LogP contribution in [0.4, 0.5) is 11.4 Å². The van der Waals surface area contributed by atoms with Crippen LogP contribution in [0.2, 0.25) is 0 Å². The highest BCUT2D eigenvalue weighted by Crippen LogP contribution is 2.37. The van der Waals surface area contributed by atoms with E-state index in [1.54, 1.807) is 0 Å². The highest BCUT2D eigenvalue weighted by molar-refractivity contribution is 8.15. The van der Waals surface area contributed by atoms with Crippen LogP contribution in [0.25, 0.3) is 0 Å². The standard InChI is InChI=1S/C24H29N3O3S2/c1-14-8-17(4)23(18(5)9-14)26-22(28)11-27(19-7-6-15(2)16(3)10-19)24-25-20-12-32(29,30)13-21(20)31-24/h6-10,20-21H,11-13H2,1-5H3,(H,26,28)/t20-,21-/m1/s1. The Morgan fingerprint density at radius 2 is 1.72 bits per heavy atom. The molecule has 0 saturated carbocycles. The molecule has 2 atom stereocenters. The first-order valence-corrected chi connectivity index (χ1v) is 13.4. The first kappa shape index (κ1) is 22.9. The Balaban J connectivity index is 1.62. The molecule has 0 aromatic heterocycles. The van der Waals surface area contributed by atoms with Gasteiger partial charge in [-0.1, -0.05) is 35.5 Å². The van der Waals surface area contributed by atoms with E-state index in [1.807, 2.05) is 44.7 Å². The molecule has 1 N–H and O–H groups in total. The van der Waals surface area contributed by atoms with Gasteiger partial charge in [0.05, 0.1) is 17.5 Å². The van der Waals surface area contributed by atoms with E-state index >= 15 is 0 Å². The molecular weight excluding hydrogens is 442 g/mol. The third-order valence-electron chi connectivity index (χ3n) is 6.08. The second-order valence-electron chi connectivity index (χ2n) is 8.89. The maximum absolute atomic E-state index is 13.1. The van der Waals surface area contributed by atoms with Crippen LogP contribution >= 0.6 is 11.8 Å². The molecule has 1 saturated heterocycles. The minimum atomic E-state index is -3.03. The van der Waals surface area contributed by atoms with E-state index in [2.05, 4.69) is 30.4 Å². The third kappa shape index (κ3) is 4.71. The molecule has 0 unspecified atom stereocenters. The number of amides is 1. The van der Waals surface area contributed by atoms with Gasteiger partial charge in [-0.25, -0.2) is 8.42 Å². The third-order valence-corrected chi connectivity index (χ3v) is 9.33. The van der Waals surface area contributed by atoms with E-state index in [0.717, 1.165) is 33.6 Å². The van der Waals surface area contributed by atoms with Crippen molar-refractivity contribution in [2.45, 2.75) is 45.9 Å². The van der Waals surface area contributed by atoms with Crippen molar-refractivity contribution in [1.29, 1.82) is 0 Å². The van der Waals surface area contributed by atoms with Crippen molar-refractivity contribution in [3.8, 4) is 0 Å². The fourth-order valence-electron chi connectivity index (χ4n) is 4.33. The summed E-state index contributed by atoms with van der Waals surface area (Å²) in [5, 5.41) is 3.72. The second-order valence-corrected chi connectivity index (χ2v) is 12.2. The maximum Gasteiger partial charge on any atom is 0.244 e. The summed E-state index contributed by atoms with van der Waals surface area (Å²) in [4.78, 5) is 19.8. The molecule has 0 radical (unpaired) electrons. The summed E-state index contributed by atoms with van der Waals surface area (Å²) in [6.45, 7) is 10.2. The average molecular weight is 472 g/mol. The first-order chi connectivity index (χ1) is 15.0. The molecule has 6 nitrogen and oxygen atoms in total. The number of hydrogen-bond acceptors (Lipinski definition) is 6. The summed E-state index contributed by atoms with van der Waals surface area (Å²) in [5.74, 6) is 0.0960. The lowest BCUT2D eigenvalue weighted by Gasteiger charge is -2.25. The van der Waals surface area contributed by atoms with Gasteiger partial charge in [0, 0.05) is 16.6 Å². The van der Waals surface area contributed by atoms with Crippen molar-refractivity contribution in [3.63, 3.8) is 0 Å². The van der Waals surface area contributed by atoms with E-state index in [-0.39, 0.29) is 35.2 Å². The Hall–Kier alpha value is -2.32. The Bertz CT molecular complexity index is 1200. The molecule has 2 heterocycles. The number of aliphatic imine (C=N–C) groups is 1. The zero-order valence-corrected chi connectivity index (χ0v) is 20.7. The summed E-state index contributed by atoms with van der Waals surface area (Å²) >= 11 is 1.47. The van der Waals surface area contributed by atoms with Gasteiger partial charge >= 0.3 is 0 Å². The summed E-state index contributed by atoms with van der Waals surface area (Å²) < 4.78 is 24.0. The van der Waals surface area contributed by atoms with Crippen molar-refractivity contribution < 1.29 is 13.2 Å². The van der Waals surface area contributed by atoms with E-state index in [0.29, 0.717) is 5.17 Å². The van der Waals surface area contributed by atoms with Gasteiger partial charge in [0.1, 0.15) is 6.54 Å². The van der Waals surface area contributed by atoms with Crippen LogP contribution in [0.5, 0.6) is 0 Å². The Labute approximate surface area is 194 Å². The zero-order valence-electron chi connectivity index (χ0n) is 19.1. The second kappa shape index (κ2) is 8.56. The Morgan fingerprint density at radius 1 is 1.03 bits per heavy atom. The Morgan fingerprint density at radius 3 is 2.34 bits per heavy atom. The van der Waals surface area contributed by atoms with Gasteiger partial charge in [-0.3, -0.25) is 9.79 Å². The van der Waals surface area contributed by atoms with Crippen molar-refractivity contribution in [1.82, 2.24) is 0 Å². The molecule has 0 aliphatic carbocycles. The first-order valence-electron chi connectivity index (χ1n) is 10.7. The van der Waals surface area contributed by atoms with E-state index in [4.69, 9.17) is 4.99 Å². The van der Waals surface area contributed by atoms with Crippen molar-refractivity contribution in [2.75, 3.05) is 28.3 Å². The number of nitrogens with one attached hydrogen (secondary N) is 1. The Kier molecular flexibility index (Phi) is 6.11. The van der Waals surface area contributed by atoms with Crippen LogP contribution in [0.1, 0.15) is 27.8 Å². The lowest BCUT2D eigenvalue weighted by atomic mass is 10.1. The quantitative estimate of drug-likeness (QED) is 0.731. The van der Waals surface area contributed by atoms with Gasteiger partial charge in [-0.2, -0.15) is 0 Å². The monoisotopic (exact) mass is 471 g/mol. The number of carbonyl (C=O) groups is 1. The van der Waals surface area contributed by atoms with Crippen molar-refractivity contribution in [2.24, 2.45) is 4.99 Å². The van der Waals surface area contributed by atoms with E-state index in [9.17, 15) is 13.2 Å². The molecule has 2 aliphatic heterocycles. The SMILES string of the molecule is Cc1cc(C)c(NC(=O)CN(C2=N[C@@H]3CS(=O)(=O)C[C@H]3S2)c2ccc(C)c(C)c2)c(C)c1. The van der Waals surface area contributed by atoms with Crippen LogP contribution in [0.3, 0.4) is 0 Å². The number of fused-ring (bicyclic) bond motifs is 1. The number of hydrogen-bond donors (Lipinski definition) is 1. The fourth-order valence-corrected chi connectivity index (χ4v) is 8.11. The van der Waals surface area contributed by atoms with Crippen molar-refractivity contribution >= 4 is 44.0 Å². The van der Waals surface area contributed by atoms with Gasteiger partial charge in [0.25, 0.3) is 0 Å². The van der Waals surface area contributed by atoms with Crippen molar-refractivity contribution in [3.05, 3.63) is 58.1 Å². The van der Waals surface area contributed by atoms with E-state index in [1.165, 1.54) is 17.3 Å². The van der Waals surface area contributed by atoms with Gasteiger partial charge in [-0.05, 0) is 69.0 Å². The smallest absolute Gasteiger partial charge is 0.244 e. The van der Waals surface area contributed by atoms with Crippen LogP contribution in [0, 0.1) is 34.6 Å². The summed E-state index contributed by atoms with van der Waals surface area (Å²) in [6, 6.07) is 9.96. The molecule has 1 amide bonds. The summed E-state index contributed by atoms with van der Waals surface area (Å²) in [5.41, 5.74) is 7.24.